The summed E-state index contributed by atoms with van der Waals surface area (Å²) in [5.41, 5.74) is 1.13. The van der Waals surface area contributed by atoms with Gasteiger partial charge in [0.15, 0.2) is 11.2 Å². The third kappa shape index (κ3) is 1.42. The van der Waals surface area contributed by atoms with Crippen LogP contribution >= 0.6 is 11.3 Å². The number of carbonyl (C=O) groups excluding carboxylic acids is 2. The zero-order chi connectivity index (χ0) is 11.0. The Labute approximate surface area is 89.3 Å². The molecule has 0 aliphatic heterocycles. The van der Waals surface area contributed by atoms with Crippen molar-refractivity contribution in [3.8, 4) is 0 Å². The molecule has 5 nitrogen and oxygen atoms in total. The maximum absolute atomic E-state index is 11.2. The Bertz CT molecular complexity index is 541. The van der Waals surface area contributed by atoms with Crippen LogP contribution in [-0.2, 0) is 4.74 Å². The first-order chi connectivity index (χ1) is 7.17. The highest BCUT2D eigenvalue weighted by atomic mass is 32.1. The molecule has 78 valence electrons. The zero-order valence-electron chi connectivity index (χ0n) is 8.18. The van der Waals surface area contributed by atoms with E-state index in [2.05, 4.69) is 9.72 Å². The van der Waals surface area contributed by atoms with E-state index in [9.17, 15) is 9.59 Å². The minimum Gasteiger partial charge on any atom is -0.465 e. The van der Waals surface area contributed by atoms with Crippen molar-refractivity contribution in [2.75, 3.05) is 7.11 Å². The van der Waals surface area contributed by atoms with Crippen molar-refractivity contribution in [3.63, 3.8) is 0 Å². The van der Waals surface area contributed by atoms with E-state index in [1.165, 1.54) is 18.4 Å². The number of aryl methyl sites for hydroxylation is 1. The molecule has 0 aliphatic carbocycles. The van der Waals surface area contributed by atoms with Crippen LogP contribution in [0.3, 0.4) is 0 Å². The number of fused-ring (bicyclic) bond motifs is 1. The third-order valence-corrected chi connectivity index (χ3v) is 3.01. The molecule has 2 heterocycles. The predicted octanol–water partition coefficient (Wildman–Crippen LogP) is 1.30. The largest absolute Gasteiger partial charge is 0.465 e. The lowest BCUT2D eigenvalue weighted by atomic mass is 10.4. The molecular weight excluding hydrogens is 216 g/mol. The molecule has 0 unspecified atom stereocenters. The van der Waals surface area contributed by atoms with Crippen LogP contribution in [0.25, 0.3) is 4.96 Å². The first kappa shape index (κ1) is 9.85. The minimum absolute atomic E-state index is 0.417. The Morgan fingerprint density at radius 3 is 3.00 bits per heavy atom. The average Bonchev–Trinajstić information content (AvgIpc) is 2.73. The van der Waals surface area contributed by atoms with Gasteiger partial charge in [-0.05, 0) is 6.92 Å². The van der Waals surface area contributed by atoms with Crippen molar-refractivity contribution in [1.29, 1.82) is 0 Å². The molecule has 0 spiro atoms. The Hall–Kier alpha value is -1.69. The molecule has 0 aliphatic rings. The molecule has 6 heteroatoms. The monoisotopic (exact) mass is 224 g/mol. The standard InChI is InChI=1S/C9H8N2O3S/c1-5-6(4-12)11-3-7(8(13)14-2)15-9(11)10-5/h3-4H,1-2H3. The molecule has 0 saturated heterocycles. The van der Waals surface area contributed by atoms with Gasteiger partial charge in [-0.15, -0.1) is 0 Å². The van der Waals surface area contributed by atoms with Gasteiger partial charge in [0.05, 0.1) is 12.8 Å². The van der Waals surface area contributed by atoms with Crippen LogP contribution in [0.5, 0.6) is 0 Å². The highest BCUT2D eigenvalue weighted by Crippen LogP contribution is 2.20. The van der Waals surface area contributed by atoms with Crippen molar-refractivity contribution in [2.24, 2.45) is 0 Å². The van der Waals surface area contributed by atoms with Crippen molar-refractivity contribution in [1.82, 2.24) is 9.38 Å². The highest BCUT2D eigenvalue weighted by Gasteiger charge is 2.15. The smallest absolute Gasteiger partial charge is 0.349 e. The SMILES string of the molecule is COC(=O)c1cn2c(C=O)c(C)nc2s1. The van der Waals surface area contributed by atoms with Gasteiger partial charge in [-0.2, -0.15) is 0 Å². The lowest BCUT2D eigenvalue weighted by Gasteiger charge is -1.91. The first-order valence-corrected chi connectivity index (χ1v) is 5.01. The molecule has 0 atom stereocenters. The van der Waals surface area contributed by atoms with E-state index in [-0.39, 0.29) is 0 Å². The fourth-order valence-electron chi connectivity index (χ4n) is 1.31. The molecule has 0 bridgehead atoms. The number of methoxy groups -OCH3 is 1. The molecule has 2 aromatic heterocycles. The number of aromatic nitrogens is 2. The van der Waals surface area contributed by atoms with E-state index in [0.717, 1.165) is 6.29 Å². The Morgan fingerprint density at radius 1 is 1.67 bits per heavy atom. The molecule has 2 rings (SSSR count). The number of rotatable bonds is 2. The molecule has 0 fully saturated rings. The third-order valence-electron chi connectivity index (χ3n) is 2.05. The summed E-state index contributed by atoms with van der Waals surface area (Å²) in [4.78, 5) is 27.2. The molecule has 2 aromatic rings. The maximum atomic E-state index is 11.2. The average molecular weight is 224 g/mol. The van der Waals surface area contributed by atoms with Crippen molar-refractivity contribution in [2.45, 2.75) is 6.92 Å². The van der Waals surface area contributed by atoms with Crippen LogP contribution in [0, 0.1) is 6.92 Å². The van der Waals surface area contributed by atoms with E-state index < -0.39 is 5.97 Å². The van der Waals surface area contributed by atoms with E-state index in [0.29, 0.717) is 21.2 Å². The first-order valence-electron chi connectivity index (χ1n) is 4.19. The summed E-state index contributed by atoms with van der Waals surface area (Å²) in [6.07, 6.45) is 2.29. The summed E-state index contributed by atoms with van der Waals surface area (Å²) in [7, 11) is 1.32. The summed E-state index contributed by atoms with van der Waals surface area (Å²) < 4.78 is 6.18. The van der Waals surface area contributed by atoms with Crippen molar-refractivity contribution in [3.05, 3.63) is 22.5 Å². The van der Waals surface area contributed by atoms with Crippen molar-refractivity contribution >= 4 is 28.6 Å². The number of carbonyl (C=O) groups is 2. The minimum atomic E-state index is -0.417. The number of ether oxygens (including phenoxy) is 1. The summed E-state index contributed by atoms with van der Waals surface area (Å²) in [5.74, 6) is -0.417. The molecule has 0 amide bonds. The fraction of sp³-hybridized carbons (Fsp3) is 0.222. The van der Waals surface area contributed by atoms with Gasteiger partial charge in [-0.1, -0.05) is 11.3 Å². The lowest BCUT2D eigenvalue weighted by Crippen LogP contribution is -1.98. The molecule has 0 N–H and O–H groups in total. The van der Waals surface area contributed by atoms with Gasteiger partial charge in [0.2, 0.25) is 0 Å². The molecule has 0 aromatic carbocycles. The topological polar surface area (TPSA) is 60.7 Å². The van der Waals surface area contributed by atoms with Crippen LogP contribution < -0.4 is 0 Å². The van der Waals surface area contributed by atoms with Gasteiger partial charge in [0, 0.05) is 6.20 Å². The summed E-state index contributed by atoms with van der Waals surface area (Å²) in [5, 5.41) is 0. The van der Waals surface area contributed by atoms with E-state index in [1.807, 2.05) is 0 Å². The number of hydrogen-bond donors (Lipinski definition) is 0. The number of esters is 1. The number of thiazole rings is 1. The second-order valence-electron chi connectivity index (χ2n) is 2.94. The molecule has 15 heavy (non-hydrogen) atoms. The van der Waals surface area contributed by atoms with Gasteiger partial charge < -0.3 is 4.74 Å². The van der Waals surface area contributed by atoms with Gasteiger partial charge in [-0.3, -0.25) is 9.20 Å². The normalized spacial score (nSPS) is 10.5. The van der Waals surface area contributed by atoms with Crippen molar-refractivity contribution < 1.29 is 14.3 Å². The summed E-state index contributed by atoms with van der Waals surface area (Å²) in [6, 6.07) is 0. The molecule has 0 saturated carbocycles. The van der Waals surface area contributed by atoms with E-state index >= 15 is 0 Å². The van der Waals surface area contributed by atoms with Crippen LogP contribution in [0.1, 0.15) is 25.9 Å². The molecular formula is C9H8N2O3S. The second-order valence-corrected chi connectivity index (χ2v) is 3.95. The van der Waals surface area contributed by atoms with Crippen LogP contribution in [0.2, 0.25) is 0 Å². The number of nitrogens with zero attached hydrogens (tertiary/aromatic N) is 2. The van der Waals surface area contributed by atoms with E-state index in [4.69, 9.17) is 0 Å². The predicted molar refractivity (Wildman–Crippen MR) is 54.5 cm³/mol. The zero-order valence-corrected chi connectivity index (χ0v) is 9.00. The Kier molecular flexibility index (Phi) is 2.28. The summed E-state index contributed by atoms with van der Waals surface area (Å²) >= 11 is 1.20. The highest BCUT2D eigenvalue weighted by molar-refractivity contribution is 7.18. The van der Waals surface area contributed by atoms with Gasteiger partial charge >= 0.3 is 5.97 Å². The van der Waals surface area contributed by atoms with Gasteiger partial charge in [0.1, 0.15) is 10.6 Å². The van der Waals surface area contributed by atoms with Gasteiger partial charge in [-0.25, -0.2) is 9.78 Å². The fourth-order valence-corrected chi connectivity index (χ4v) is 2.26. The lowest BCUT2D eigenvalue weighted by molar-refractivity contribution is 0.0605. The Morgan fingerprint density at radius 2 is 2.40 bits per heavy atom. The second kappa shape index (κ2) is 3.47. The van der Waals surface area contributed by atoms with E-state index in [1.54, 1.807) is 17.5 Å². The quantitative estimate of drug-likeness (QED) is 0.570. The van der Waals surface area contributed by atoms with Gasteiger partial charge in [0.25, 0.3) is 0 Å². The molecule has 0 radical (unpaired) electrons. The summed E-state index contributed by atoms with van der Waals surface area (Å²) in [6.45, 7) is 1.75. The Balaban J connectivity index is 2.62. The van der Waals surface area contributed by atoms with Crippen LogP contribution in [0.15, 0.2) is 6.20 Å². The number of imidazole rings is 1. The number of aldehydes is 1. The maximum Gasteiger partial charge on any atom is 0.349 e. The number of hydrogen-bond acceptors (Lipinski definition) is 5. The van der Waals surface area contributed by atoms with Crippen LogP contribution in [0.4, 0.5) is 0 Å². The van der Waals surface area contributed by atoms with Crippen LogP contribution in [-0.4, -0.2) is 28.7 Å².